The van der Waals surface area contributed by atoms with Crippen molar-refractivity contribution in [2.75, 3.05) is 14.2 Å². The van der Waals surface area contributed by atoms with E-state index in [1.54, 1.807) is 7.11 Å². The maximum Gasteiger partial charge on any atom is 0.0713 e. The maximum atomic E-state index is 5.01. The topological polar surface area (TPSA) is 21.3 Å². The molecule has 12 heavy (non-hydrogen) atoms. The summed E-state index contributed by atoms with van der Waals surface area (Å²) >= 11 is 0. The maximum absolute atomic E-state index is 5.01. The molecule has 1 N–H and O–H groups in total. The molecule has 0 unspecified atom stereocenters. The number of hydrogen-bond acceptors (Lipinski definition) is 2. The number of ether oxygens (including phenoxy) is 1. The highest BCUT2D eigenvalue weighted by molar-refractivity contribution is 5.21. The molecule has 0 atom stereocenters. The summed E-state index contributed by atoms with van der Waals surface area (Å²) in [6, 6.07) is 8.42. The van der Waals surface area contributed by atoms with Gasteiger partial charge in [-0.1, -0.05) is 24.3 Å². The van der Waals surface area contributed by atoms with E-state index in [9.17, 15) is 0 Å². The van der Waals surface area contributed by atoms with Gasteiger partial charge in [-0.15, -0.1) is 0 Å². The Balaban J connectivity index is 2.58. The Kier molecular flexibility index (Phi) is 3.77. The normalized spacial score (nSPS) is 10.2. The molecule has 0 bridgehead atoms. The van der Waals surface area contributed by atoms with Gasteiger partial charge in [-0.25, -0.2) is 0 Å². The number of rotatable bonds is 4. The van der Waals surface area contributed by atoms with Gasteiger partial charge in [0, 0.05) is 13.7 Å². The lowest BCUT2D eigenvalue weighted by molar-refractivity contribution is 0.185. The minimum Gasteiger partial charge on any atom is -0.380 e. The number of methoxy groups -OCH3 is 1. The summed E-state index contributed by atoms with van der Waals surface area (Å²) in [5.41, 5.74) is 2.52. The fourth-order valence-corrected chi connectivity index (χ4v) is 1.12. The molecule has 0 spiro atoms. The van der Waals surface area contributed by atoms with Gasteiger partial charge in [0.25, 0.3) is 0 Å². The predicted octanol–water partition coefficient (Wildman–Crippen LogP) is 1.55. The van der Waals surface area contributed by atoms with E-state index >= 15 is 0 Å². The lowest BCUT2D eigenvalue weighted by Crippen LogP contribution is -2.04. The van der Waals surface area contributed by atoms with Gasteiger partial charge in [0.05, 0.1) is 6.61 Å². The fraction of sp³-hybridized carbons (Fsp3) is 0.400. The predicted molar refractivity (Wildman–Crippen MR) is 49.9 cm³/mol. The fourth-order valence-electron chi connectivity index (χ4n) is 1.12. The van der Waals surface area contributed by atoms with Crippen LogP contribution in [0.5, 0.6) is 0 Å². The largest absolute Gasteiger partial charge is 0.380 e. The molecule has 0 saturated heterocycles. The lowest BCUT2D eigenvalue weighted by Gasteiger charge is -2.02. The van der Waals surface area contributed by atoms with Gasteiger partial charge in [-0.05, 0) is 18.2 Å². The molecule has 0 saturated carbocycles. The van der Waals surface area contributed by atoms with Gasteiger partial charge in [0.2, 0.25) is 0 Å². The zero-order valence-corrected chi connectivity index (χ0v) is 7.63. The SMILES string of the molecule is CNCc1ccc(COC)cc1. The second-order valence-electron chi connectivity index (χ2n) is 2.78. The van der Waals surface area contributed by atoms with Crippen molar-refractivity contribution in [3.05, 3.63) is 35.4 Å². The average Bonchev–Trinajstić information content (AvgIpc) is 2.09. The Morgan fingerprint density at radius 2 is 1.75 bits per heavy atom. The Morgan fingerprint density at radius 1 is 1.17 bits per heavy atom. The van der Waals surface area contributed by atoms with Gasteiger partial charge >= 0.3 is 0 Å². The molecular formula is C10H15NO. The van der Waals surface area contributed by atoms with E-state index < -0.39 is 0 Å². The van der Waals surface area contributed by atoms with Crippen LogP contribution in [0.25, 0.3) is 0 Å². The molecule has 66 valence electrons. The molecule has 0 radical (unpaired) electrons. The van der Waals surface area contributed by atoms with E-state index in [0.717, 1.165) is 6.54 Å². The van der Waals surface area contributed by atoms with E-state index in [1.807, 2.05) is 7.05 Å². The highest BCUT2D eigenvalue weighted by atomic mass is 16.5. The summed E-state index contributed by atoms with van der Waals surface area (Å²) < 4.78 is 5.01. The first-order chi connectivity index (χ1) is 5.86. The lowest BCUT2D eigenvalue weighted by atomic mass is 10.1. The number of nitrogens with one attached hydrogen (secondary N) is 1. The molecule has 0 heterocycles. The van der Waals surface area contributed by atoms with E-state index in [4.69, 9.17) is 4.74 Å². The molecule has 0 aliphatic carbocycles. The van der Waals surface area contributed by atoms with Gasteiger partial charge in [-0.3, -0.25) is 0 Å². The van der Waals surface area contributed by atoms with Crippen LogP contribution in [0.4, 0.5) is 0 Å². The van der Waals surface area contributed by atoms with Crippen molar-refractivity contribution < 1.29 is 4.74 Å². The van der Waals surface area contributed by atoms with E-state index in [1.165, 1.54) is 11.1 Å². The molecule has 1 rings (SSSR count). The van der Waals surface area contributed by atoms with Crippen molar-refractivity contribution >= 4 is 0 Å². The van der Waals surface area contributed by atoms with Crippen LogP contribution in [0.1, 0.15) is 11.1 Å². The molecule has 0 amide bonds. The minimum absolute atomic E-state index is 0.694. The molecule has 0 aliphatic heterocycles. The van der Waals surface area contributed by atoms with Crippen LogP contribution in [-0.4, -0.2) is 14.2 Å². The van der Waals surface area contributed by atoms with Crippen molar-refractivity contribution in [2.45, 2.75) is 13.2 Å². The third-order valence-electron chi connectivity index (χ3n) is 1.71. The summed E-state index contributed by atoms with van der Waals surface area (Å²) in [5, 5.41) is 3.10. The van der Waals surface area contributed by atoms with Crippen LogP contribution < -0.4 is 5.32 Å². The first-order valence-electron chi connectivity index (χ1n) is 4.08. The van der Waals surface area contributed by atoms with Crippen LogP contribution in [0.2, 0.25) is 0 Å². The summed E-state index contributed by atoms with van der Waals surface area (Å²) in [7, 11) is 3.66. The Bertz CT molecular complexity index is 193. The van der Waals surface area contributed by atoms with Crippen LogP contribution in [0, 0.1) is 0 Å². The molecule has 0 fully saturated rings. The smallest absolute Gasteiger partial charge is 0.0713 e. The first-order valence-corrected chi connectivity index (χ1v) is 4.08. The second-order valence-corrected chi connectivity index (χ2v) is 2.78. The molecule has 1 aromatic carbocycles. The Hall–Kier alpha value is -0.860. The third-order valence-corrected chi connectivity index (χ3v) is 1.71. The van der Waals surface area contributed by atoms with Gasteiger partial charge in [0.1, 0.15) is 0 Å². The quantitative estimate of drug-likeness (QED) is 0.731. The van der Waals surface area contributed by atoms with Crippen molar-refractivity contribution in [1.29, 1.82) is 0 Å². The average molecular weight is 165 g/mol. The molecule has 2 heteroatoms. The monoisotopic (exact) mass is 165 g/mol. The van der Waals surface area contributed by atoms with Gasteiger partial charge in [-0.2, -0.15) is 0 Å². The summed E-state index contributed by atoms with van der Waals surface area (Å²) in [5.74, 6) is 0. The van der Waals surface area contributed by atoms with Crippen molar-refractivity contribution in [3.63, 3.8) is 0 Å². The van der Waals surface area contributed by atoms with E-state index in [0.29, 0.717) is 6.61 Å². The summed E-state index contributed by atoms with van der Waals surface area (Å²) in [4.78, 5) is 0. The van der Waals surface area contributed by atoms with Gasteiger partial charge < -0.3 is 10.1 Å². The molecule has 0 aliphatic rings. The van der Waals surface area contributed by atoms with Crippen LogP contribution >= 0.6 is 0 Å². The molecule has 0 aromatic heterocycles. The van der Waals surface area contributed by atoms with E-state index in [-0.39, 0.29) is 0 Å². The Morgan fingerprint density at radius 3 is 2.25 bits per heavy atom. The third kappa shape index (κ3) is 2.64. The molecule has 2 nitrogen and oxygen atoms in total. The highest BCUT2D eigenvalue weighted by Gasteiger charge is 1.92. The van der Waals surface area contributed by atoms with E-state index in [2.05, 4.69) is 29.6 Å². The molecular weight excluding hydrogens is 150 g/mol. The molecule has 1 aromatic rings. The van der Waals surface area contributed by atoms with Crippen LogP contribution in [-0.2, 0) is 17.9 Å². The summed E-state index contributed by atoms with van der Waals surface area (Å²) in [6.45, 7) is 1.62. The highest BCUT2D eigenvalue weighted by Crippen LogP contribution is 2.04. The second kappa shape index (κ2) is 4.91. The van der Waals surface area contributed by atoms with Gasteiger partial charge in [0.15, 0.2) is 0 Å². The Labute approximate surface area is 73.6 Å². The number of benzene rings is 1. The minimum atomic E-state index is 0.694. The van der Waals surface area contributed by atoms with Crippen LogP contribution in [0.15, 0.2) is 24.3 Å². The number of hydrogen-bond donors (Lipinski definition) is 1. The zero-order chi connectivity index (χ0) is 8.81. The van der Waals surface area contributed by atoms with Crippen LogP contribution in [0.3, 0.4) is 0 Å². The van der Waals surface area contributed by atoms with Crippen molar-refractivity contribution in [1.82, 2.24) is 5.32 Å². The standard InChI is InChI=1S/C10H15NO/c1-11-7-9-3-5-10(6-4-9)8-12-2/h3-6,11H,7-8H2,1-2H3. The van der Waals surface area contributed by atoms with Crippen molar-refractivity contribution in [2.24, 2.45) is 0 Å². The zero-order valence-electron chi connectivity index (χ0n) is 7.63. The van der Waals surface area contributed by atoms with Crippen molar-refractivity contribution in [3.8, 4) is 0 Å². The summed E-state index contributed by atoms with van der Waals surface area (Å²) in [6.07, 6.45) is 0. The first kappa shape index (κ1) is 9.23.